The van der Waals surface area contributed by atoms with Gasteiger partial charge in [0.25, 0.3) is 0 Å². The number of pyridine rings is 1. The Morgan fingerprint density at radius 3 is 2.47 bits per heavy atom. The maximum atomic E-state index is 12.8. The molecule has 3 nitrogen and oxygen atoms in total. The average molecular weight is 230 g/mol. The Bertz CT molecular complexity index is 544. The van der Waals surface area contributed by atoms with Gasteiger partial charge in [0.05, 0.1) is 5.56 Å². The Morgan fingerprint density at radius 1 is 1.24 bits per heavy atom. The molecular formula is C13H11FN2O. The van der Waals surface area contributed by atoms with Crippen molar-refractivity contribution in [3.63, 3.8) is 0 Å². The summed E-state index contributed by atoms with van der Waals surface area (Å²) in [6.45, 7) is 1.79. The van der Waals surface area contributed by atoms with Crippen LogP contribution >= 0.6 is 0 Å². The van der Waals surface area contributed by atoms with E-state index >= 15 is 0 Å². The lowest BCUT2D eigenvalue weighted by Crippen LogP contribution is -2.09. The number of ketones is 1. The molecule has 0 saturated carbocycles. The predicted octanol–water partition coefficient (Wildman–Crippen LogP) is 2.34. The Balaban J connectivity index is 2.47. The predicted molar refractivity (Wildman–Crippen MR) is 63.2 cm³/mol. The smallest absolute Gasteiger partial charge is 0.196 e. The number of aryl methyl sites for hydroxylation is 1. The van der Waals surface area contributed by atoms with Gasteiger partial charge in [-0.05, 0) is 42.8 Å². The van der Waals surface area contributed by atoms with Crippen molar-refractivity contribution < 1.29 is 9.18 Å². The third-order valence-corrected chi connectivity index (χ3v) is 2.52. The number of nitrogens with two attached hydrogens (primary N) is 1. The van der Waals surface area contributed by atoms with Gasteiger partial charge in [-0.25, -0.2) is 9.37 Å². The van der Waals surface area contributed by atoms with Crippen LogP contribution in [-0.2, 0) is 0 Å². The molecule has 2 rings (SSSR count). The molecule has 2 N–H and O–H groups in total. The Kier molecular flexibility index (Phi) is 2.87. The van der Waals surface area contributed by atoms with Gasteiger partial charge in [0, 0.05) is 11.8 Å². The summed E-state index contributed by atoms with van der Waals surface area (Å²) in [6, 6.07) is 7.07. The van der Waals surface area contributed by atoms with Gasteiger partial charge in [0.15, 0.2) is 5.78 Å². The van der Waals surface area contributed by atoms with Crippen LogP contribution in [-0.4, -0.2) is 10.8 Å². The van der Waals surface area contributed by atoms with Crippen LogP contribution in [0.5, 0.6) is 0 Å². The minimum atomic E-state index is -0.377. The summed E-state index contributed by atoms with van der Waals surface area (Å²) >= 11 is 0. The molecule has 1 aromatic heterocycles. The number of aromatic nitrogens is 1. The summed E-state index contributed by atoms with van der Waals surface area (Å²) in [5.41, 5.74) is 7.21. The third kappa shape index (κ3) is 2.15. The molecule has 0 spiro atoms. The molecule has 1 heterocycles. The zero-order valence-corrected chi connectivity index (χ0v) is 9.27. The van der Waals surface area contributed by atoms with Crippen molar-refractivity contribution in [2.45, 2.75) is 6.92 Å². The summed E-state index contributed by atoms with van der Waals surface area (Å²) in [6.07, 6.45) is 1.55. The second kappa shape index (κ2) is 4.33. The summed E-state index contributed by atoms with van der Waals surface area (Å²) in [5, 5.41) is 0. The topological polar surface area (TPSA) is 56.0 Å². The lowest BCUT2D eigenvalue weighted by molar-refractivity contribution is 0.103. The Hall–Kier alpha value is -2.23. The second-order valence-electron chi connectivity index (χ2n) is 3.72. The minimum absolute atomic E-state index is 0.194. The van der Waals surface area contributed by atoms with E-state index in [-0.39, 0.29) is 17.4 Å². The third-order valence-electron chi connectivity index (χ3n) is 2.52. The molecule has 1 aromatic carbocycles. The summed E-state index contributed by atoms with van der Waals surface area (Å²) in [5.74, 6) is -0.426. The van der Waals surface area contributed by atoms with E-state index in [9.17, 15) is 9.18 Å². The fraction of sp³-hybridized carbons (Fsp3) is 0.0769. The van der Waals surface area contributed by atoms with Crippen molar-refractivity contribution in [3.8, 4) is 0 Å². The molecule has 17 heavy (non-hydrogen) atoms. The molecule has 0 aliphatic carbocycles. The van der Waals surface area contributed by atoms with Crippen molar-refractivity contribution in [1.82, 2.24) is 4.98 Å². The van der Waals surface area contributed by atoms with E-state index in [0.29, 0.717) is 11.1 Å². The van der Waals surface area contributed by atoms with Gasteiger partial charge < -0.3 is 5.73 Å². The van der Waals surface area contributed by atoms with E-state index in [1.165, 1.54) is 24.3 Å². The van der Waals surface area contributed by atoms with E-state index in [1.807, 2.05) is 0 Å². The number of carbonyl (C=O) groups excluding carboxylic acids is 1. The normalized spacial score (nSPS) is 10.2. The number of halogens is 1. The van der Waals surface area contributed by atoms with Gasteiger partial charge >= 0.3 is 0 Å². The number of anilines is 1. The summed E-state index contributed by atoms with van der Waals surface area (Å²) in [4.78, 5) is 16.0. The molecular weight excluding hydrogens is 219 g/mol. The number of rotatable bonds is 2. The van der Waals surface area contributed by atoms with Crippen molar-refractivity contribution in [2.24, 2.45) is 0 Å². The lowest BCUT2D eigenvalue weighted by Gasteiger charge is -2.07. The van der Waals surface area contributed by atoms with Crippen LogP contribution in [0, 0.1) is 12.7 Å². The van der Waals surface area contributed by atoms with Crippen molar-refractivity contribution >= 4 is 11.6 Å². The molecule has 0 aliphatic heterocycles. The standard InChI is InChI=1S/C13H11FN2O/c1-8-6-7-16-13(15)11(8)12(17)9-2-4-10(14)5-3-9/h2-7H,1H3,(H2,15,16). The van der Waals surface area contributed by atoms with Gasteiger partial charge in [-0.3, -0.25) is 4.79 Å². The lowest BCUT2D eigenvalue weighted by atomic mass is 10.0. The highest BCUT2D eigenvalue weighted by atomic mass is 19.1. The minimum Gasteiger partial charge on any atom is -0.383 e. The van der Waals surface area contributed by atoms with Crippen molar-refractivity contribution in [1.29, 1.82) is 0 Å². The first-order chi connectivity index (χ1) is 8.09. The molecule has 2 aromatic rings. The van der Waals surface area contributed by atoms with Crippen LogP contribution < -0.4 is 5.73 Å². The van der Waals surface area contributed by atoms with Crippen LogP contribution in [0.4, 0.5) is 10.2 Å². The zero-order valence-electron chi connectivity index (χ0n) is 9.27. The molecule has 0 aliphatic rings. The van der Waals surface area contributed by atoms with Crippen LogP contribution in [0.25, 0.3) is 0 Å². The van der Waals surface area contributed by atoms with Gasteiger partial charge in [-0.15, -0.1) is 0 Å². The molecule has 0 saturated heterocycles. The van der Waals surface area contributed by atoms with Crippen molar-refractivity contribution in [3.05, 3.63) is 59.0 Å². The maximum absolute atomic E-state index is 12.8. The monoisotopic (exact) mass is 230 g/mol. The summed E-state index contributed by atoms with van der Waals surface area (Å²) in [7, 11) is 0. The number of hydrogen-bond acceptors (Lipinski definition) is 3. The fourth-order valence-electron chi connectivity index (χ4n) is 1.62. The van der Waals surface area contributed by atoms with Gasteiger partial charge in [-0.2, -0.15) is 0 Å². The van der Waals surface area contributed by atoms with Gasteiger partial charge in [-0.1, -0.05) is 0 Å². The number of nitrogens with zero attached hydrogens (tertiary/aromatic N) is 1. The first kappa shape index (κ1) is 11.3. The molecule has 0 bridgehead atoms. The van der Waals surface area contributed by atoms with Crippen molar-refractivity contribution in [2.75, 3.05) is 5.73 Å². The van der Waals surface area contributed by atoms with E-state index < -0.39 is 0 Å². The SMILES string of the molecule is Cc1ccnc(N)c1C(=O)c1ccc(F)cc1. The highest BCUT2D eigenvalue weighted by molar-refractivity contribution is 6.12. The van der Waals surface area contributed by atoms with Crippen LogP contribution in [0.15, 0.2) is 36.5 Å². The van der Waals surface area contributed by atoms with E-state index in [0.717, 1.165) is 5.56 Å². The van der Waals surface area contributed by atoms with E-state index in [4.69, 9.17) is 5.73 Å². The quantitative estimate of drug-likeness (QED) is 0.805. The number of benzene rings is 1. The second-order valence-corrected chi connectivity index (χ2v) is 3.72. The maximum Gasteiger partial charge on any atom is 0.196 e. The molecule has 0 fully saturated rings. The fourth-order valence-corrected chi connectivity index (χ4v) is 1.62. The Labute approximate surface area is 98.1 Å². The molecule has 4 heteroatoms. The molecule has 0 atom stereocenters. The van der Waals surface area contributed by atoms with E-state index in [1.54, 1.807) is 19.2 Å². The van der Waals surface area contributed by atoms with E-state index in [2.05, 4.69) is 4.98 Å². The first-order valence-electron chi connectivity index (χ1n) is 5.11. The van der Waals surface area contributed by atoms with Crippen LogP contribution in [0.1, 0.15) is 21.5 Å². The number of hydrogen-bond donors (Lipinski definition) is 1. The molecule has 0 amide bonds. The summed E-state index contributed by atoms with van der Waals surface area (Å²) < 4.78 is 12.8. The molecule has 86 valence electrons. The van der Waals surface area contributed by atoms with Crippen LogP contribution in [0.2, 0.25) is 0 Å². The number of nitrogen functional groups attached to an aromatic ring is 1. The van der Waals surface area contributed by atoms with Gasteiger partial charge in [0.1, 0.15) is 11.6 Å². The van der Waals surface area contributed by atoms with Crippen LogP contribution in [0.3, 0.4) is 0 Å². The zero-order chi connectivity index (χ0) is 12.4. The highest BCUT2D eigenvalue weighted by Crippen LogP contribution is 2.18. The molecule has 0 unspecified atom stereocenters. The largest absolute Gasteiger partial charge is 0.383 e. The Morgan fingerprint density at radius 2 is 1.88 bits per heavy atom. The average Bonchev–Trinajstić information content (AvgIpc) is 2.29. The number of carbonyl (C=O) groups is 1. The highest BCUT2D eigenvalue weighted by Gasteiger charge is 2.15. The molecule has 0 radical (unpaired) electrons. The first-order valence-corrected chi connectivity index (χ1v) is 5.11. The van der Waals surface area contributed by atoms with Gasteiger partial charge in [0.2, 0.25) is 0 Å².